The molecule has 0 amide bonds. The van der Waals surface area contributed by atoms with Gasteiger partial charge in [-0.05, 0) is 43.2 Å². The number of nitrogens with zero attached hydrogens (tertiary/aromatic N) is 2. The van der Waals surface area contributed by atoms with Crippen LogP contribution in [-0.4, -0.2) is 27.8 Å². The minimum atomic E-state index is -2.62. The van der Waals surface area contributed by atoms with Gasteiger partial charge in [0.2, 0.25) is 0 Å². The number of rotatable bonds is 6. The molecule has 0 atom stereocenters. The molecule has 0 aliphatic heterocycles. The molecule has 1 fully saturated rings. The number of ketones is 1. The van der Waals surface area contributed by atoms with Crippen molar-refractivity contribution in [2.75, 3.05) is 0 Å². The van der Waals surface area contributed by atoms with Crippen molar-refractivity contribution in [3.05, 3.63) is 48.2 Å². The van der Waals surface area contributed by atoms with Crippen LogP contribution in [0, 0.1) is 12.8 Å². The van der Waals surface area contributed by atoms with Crippen LogP contribution in [0.3, 0.4) is 0 Å². The SMILES string of the molecule is [2H]C([2H])([2H])C(NC1CCC(C(=O)Cc2cc3cc(-c4cnc(C)o4)ccc3cn2)CC1)C([2H])([2H])[2H]. The van der Waals surface area contributed by atoms with Crippen molar-refractivity contribution in [2.45, 2.75) is 64.8 Å². The fourth-order valence-electron chi connectivity index (χ4n) is 4.07. The molecule has 2 aromatic heterocycles. The van der Waals surface area contributed by atoms with E-state index >= 15 is 0 Å². The number of Topliss-reactive ketones (excluding diaryl/α,β-unsaturated/α-hetero) is 1. The first kappa shape index (κ1) is 13.6. The normalized spacial score (nSPS) is 23.7. The van der Waals surface area contributed by atoms with Gasteiger partial charge in [-0.1, -0.05) is 25.8 Å². The molecule has 29 heavy (non-hydrogen) atoms. The Kier molecular flexibility index (Phi) is 3.98. The molecule has 1 aliphatic carbocycles. The summed E-state index contributed by atoms with van der Waals surface area (Å²) in [5, 5.41) is 4.75. The van der Waals surface area contributed by atoms with Gasteiger partial charge in [0.25, 0.3) is 0 Å². The molecule has 0 radical (unpaired) electrons. The van der Waals surface area contributed by atoms with Gasteiger partial charge in [-0.2, -0.15) is 0 Å². The second-order valence-electron chi connectivity index (χ2n) is 7.77. The third-order valence-corrected chi connectivity index (χ3v) is 5.62. The minimum absolute atomic E-state index is 0.0977. The zero-order chi connectivity index (χ0) is 25.4. The summed E-state index contributed by atoms with van der Waals surface area (Å²) in [5.41, 5.74) is 1.60. The van der Waals surface area contributed by atoms with Crippen LogP contribution in [0.5, 0.6) is 0 Å². The molecule has 1 aliphatic rings. The Labute approximate surface area is 180 Å². The summed E-state index contributed by atoms with van der Waals surface area (Å²) in [4.78, 5) is 21.6. The van der Waals surface area contributed by atoms with Crippen LogP contribution in [0.1, 0.15) is 59.2 Å². The van der Waals surface area contributed by atoms with E-state index in [4.69, 9.17) is 12.6 Å². The average molecular weight is 398 g/mol. The highest BCUT2D eigenvalue weighted by molar-refractivity contribution is 5.88. The molecular formula is C24H29N3O2. The molecule has 4 rings (SSSR count). The molecule has 0 spiro atoms. The standard InChI is InChI=1S/C24H29N3O2/c1-15(2)27-21-8-6-17(7-9-21)23(28)12-22-11-20-10-18(4-5-19(20)13-26-22)24-14-25-16(3)29-24/h4-5,10-11,13-15,17,21,27H,6-9,12H2,1-3H3/i1D3,2D3. The van der Waals surface area contributed by atoms with Gasteiger partial charge in [0.05, 0.1) is 6.20 Å². The second kappa shape index (κ2) is 8.46. The number of nitrogens with one attached hydrogen (secondary N) is 1. The van der Waals surface area contributed by atoms with E-state index in [2.05, 4.69) is 15.3 Å². The number of aromatic nitrogens is 2. The fourth-order valence-corrected chi connectivity index (χ4v) is 4.07. The van der Waals surface area contributed by atoms with E-state index in [1.807, 2.05) is 24.3 Å². The Morgan fingerprint density at radius 1 is 1.17 bits per heavy atom. The van der Waals surface area contributed by atoms with Crippen molar-refractivity contribution in [3.8, 4) is 11.3 Å². The van der Waals surface area contributed by atoms with Gasteiger partial charge in [-0.3, -0.25) is 9.78 Å². The predicted octanol–water partition coefficient (Wildman–Crippen LogP) is 4.87. The Morgan fingerprint density at radius 2 is 2.00 bits per heavy atom. The molecule has 0 bridgehead atoms. The highest BCUT2D eigenvalue weighted by Gasteiger charge is 2.26. The number of hydrogen-bond acceptors (Lipinski definition) is 5. The summed E-state index contributed by atoms with van der Waals surface area (Å²) in [6.07, 6.45) is 5.97. The van der Waals surface area contributed by atoms with Gasteiger partial charge >= 0.3 is 0 Å². The largest absolute Gasteiger partial charge is 0.441 e. The summed E-state index contributed by atoms with van der Waals surface area (Å²) < 4.78 is 51.0. The van der Waals surface area contributed by atoms with E-state index in [0.717, 1.165) is 16.3 Å². The lowest BCUT2D eigenvalue weighted by Crippen LogP contribution is -2.38. The maximum atomic E-state index is 13.0. The zero-order valence-corrected chi connectivity index (χ0v) is 16.4. The molecule has 5 nitrogen and oxygen atoms in total. The van der Waals surface area contributed by atoms with Crippen LogP contribution in [-0.2, 0) is 11.2 Å². The van der Waals surface area contributed by atoms with Crippen LogP contribution in [0.2, 0.25) is 0 Å². The lowest BCUT2D eigenvalue weighted by molar-refractivity contribution is -0.123. The smallest absolute Gasteiger partial charge is 0.191 e. The molecule has 0 unspecified atom stereocenters. The monoisotopic (exact) mass is 397 g/mol. The Bertz CT molecular complexity index is 1180. The first-order valence-corrected chi connectivity index (χ1v) is 10.0. The molecule has 3 aromatic rings. The predicted molar refractivity (Wildman–Crippen MR) is 115 cm³/mol. The number of carbonyl (C=O) groups is 1. The Morgan fingerprint density at radius 3 is 2.72 bits per heavy atom. The maximum absolute atomic E-state index is 13.0. The highest BCUT2D eigenvalue weighted by Crippen LogP contribution is 2.28. The number of fused-ring (bicyclic) bond motifs is 1. The second-order valence-corrected chi connectivity index (χ2v) is 7.77. The van der Waals surface area contributed by atoms with Crippen molar-refractivity contribution in [2.24, 2.45) is 5.92 Å². The van der Waals surface area contributed by atoms with E-state index in [1.54, 1.807) is 19.3 Å². The number of carbonyl (C=O) groups excluding carboxylic acids is 1. The first-order chi connectivity index (χ1) is 16.4. The summed E-state index contributed by atoms with van der Waals surface area (Å²) in [7, 11) is 0. The van der Waals surface area contributed by atoms with Gasteiger partial charge < -0.3 is 9.73 Å². The van der Waals surface area contributed by atoms with Crippen LogP contribution in [0.4, 0.5) is 0 Å². The van der Waals surface area contributed by atoms with E-state index in [0.29, 0.717) is 43.0 Å². The first-order valence-electron chi connectivity index (χ1n) is 13.0. The molecule has 5 heteroatoms. The van der Waals surface area contributed by atoms with Gasteiger partial charge in [-0.25, -0.2) is 4.98 Å². The Hall–Kier alpha value is -2.53. The third kappa shape index (κ3) is 4.73. The zero-order valence-electron chi connectivity index (χ0n) is 22.4. The van der Waals surface area contributed by atoms with E-state index in [9.17, 15) is 4.79 Å². The fraction of sp³-hybridized carbons (Fsp3) is 0.458. The Balaban J connectivity index is 1.38. The summed E-state index contributed by atoms with van der Waals surface area (Å²) >= 11 is 0. The third-order valence-electron chi connectivity index (χ3n) is 5.62. The number of pyridine rings is 1. The number of aryl methyl sites for hydroxylation is 1. The molecule has 0 saturated heterocycles. The summed E-state index contributed by atoms with van der Waals surface area (Å²) in [5.74, 6) is 1.23. The number of hydrogen-bond donors (Lipinski definition) is 1. The quantitative estimate of drug-likeness (QED) is 0.643. The molecule has 152 valence electrons. The van der Waals surface area contributed by atoms with Crippen LogP contribution in [0.25, 0.3) is 22.1 Å². The van der Waals surface area contributed by atoms with Gasteiger partial charge in [-0.15, -0.1) is 0 Å². The van der Waals surface area contributed by atoms with Crippen molar-refractivity contribution >= 4 is 16.6 Å². The molecule has 1 N–H and O–H groups in total. The lowest BCUT2D eigenvalue weighted by atomic mass is 9.82. The van der Waals surface area contributed by atoms with Crippen LogP contribution >= 0.6 is 0 Å². The molecular weight excluding hydrogens is 362 g/mol. The van der Waals surface area contributed by atoms with Crippen molar-refractivity contribution < 1.29 is 17.4 Å². The van der Waals surface area contributed by atoms with E-state index < -0.39 is 19.7 Å². The van der Waals surface area contributed by atoms with Crippen molar-refractivity contribution in [1.82, 2.24) is 15.3 Å². The highest BCUT2D eigenvalue weighted by atomic mass is 16.4. The minimum Gasteiger partial charge on any atom is -0.441 e. The van der Waals surface area contributed by atoms with Gasteiger partial charge in [0, 0.05) is 62.4 Å². The maximum Gasteiger partial charge on any atom is 0.191 e. The van der Waals surface area contributed by atoms with Gasteiger partial charge in [0.15, 0.2) is 11.7 Å². The summed E-state index contributed by atoms with van der Waals surface area (Å²) in [6, 6.07) is 6.02. The lowest BCUT2D eigenvalue weighted by Gasteiger charge is -2.29. The number of oxazole rings is 1. The molecule has 1 aromatic carbocycles. The van der Waals surface area contributed by atoms with E-state index in [-0.39, 0.29) is 24.2 Å². The average Bonchev–Trinajstić information content (AvgIpc) is 3.22. The molecule has 2 heterocycles. The van der Waals surface area contributed by atoms with Crippen LogP contribution < -0.4 is 5.32 Å². The van der Waals surface area contributed by atoms with Crippen molar-refractivity contribution in [3.63, 3.8) is 0 Å². The van der Waals surface area contributed by atoms with Crippen molar-refractivity contribution in [1.29, 1.82) is 0 Å². The van der Waals surface area contributed by atoms with Gasteiger partial charge in [0.1, 0.15) is 5.78 Å². The van der Waals surface area contributed by atoms with E-state index in [1.165, 1.54) is 0 Å². The number of benzene rings is 1. The van der Waals surface area contributed by atoms with Crippen LogP contribution in [0.15, 0.2) is 41.1 Å². The summed E-state index contributed by atoms with van der Waals surface area (Å²) in [6.45, 7) is -3.45. The molecule has 1 saturated carbocycles. The topological polar surface area (TPSA) is 68.0 Å².